The number of rotatable bonds is 1. The monoisotopic (exact) mass is 326 g/mol. The lowest BCUT2D eigenvalue weighted by atomic mass is 10.1. The summed E-state index contributed by atoms with van der Waals surface area (Å²) in [5, 5.41) is 11.9. The van der Waals surface area contributed by atoms with Crippen LogP contribution < -0.4 is 0 Å². The Morgan fingerprint density at radius 1 is 1.38 bits per heavy atom. The van der Waals surface area contributed by atoms with Gasteiger partial charge in [-0.05, 0) is 41.6 Å². The topological polar surface area (TPSA) is 67.6 Å². The summed E-state index contributed by atoms with van der Waals surface area (Å²) in [6.07, 6.45) is 1.60. The van der Waals surface area contributed by atoms with E-state index in [0.717, 1.165) is 31.7 Å². The Balaban J connectivity index is 2.23. The summed E-state index contributed by atoms with van der Waals surface area (Å²) in [4.78, 5) is 4.48. The van der Waals surface area contributed by atoms with E-state index in [4.69, 9.17) is 4.52 Å². The van der Waals surface area contributed by atoms with Gasteiger partial charge in [-0.2, -0.15) is 5.10 Å². The van der Waals surface area contributed by atoms with Crippen molar-refractivity contribution in [1.82, 2.24) is 20.3 Å². The van der Waals surface area contributed by atoms with E-state index in [-0.39, 0.29) is 0 Å². The molecule has 6 heteroatoms. The molecule has 3 heterocycles. The molecule has 16 heavy (non-hydrogen) atoms. The summed E-state index contributed by atoms with van der Waals surface area (Å²) in [6, 6.07) is 3.94. The predicted molar refractivity (Wildman–Crippen MR) is 66.8 cm³/mol. The normalized spacial score (nSPS) is 11.1. The molecule has 0 fully saturated rings. The maximum absolute atomic E-state index is 4.90. The van der Waals surface area contributed by atoms with Gasteiger partial charge in [0, 0.05) is 0 Å². The van der Waals surface area contributed by atoms with Crippen LogP contribution in [0.25, 0.3) is 22.3 Å². The van der Waals surface area contributed by atoms with Crippen molar-refractivity contribution in [2.24, 2.45) is 0 Å². The Labute approximate surface area is 104 Å². The summed E-state index contributed by atoms with van der Waals surface area (Å²) in [5.41, 5.74) is 3.36. The number of aromatic amines is 1. The van der Waals surface area contributed by atoms with Crippen molar-refractivity contribution in [3.05, 3.63) is 27.8 Å². The Hall–Kier alpha value is -1.44. The molecule has 0 unspecified atom stereocenters. The fourth-order valence-corrected chi connectivity index (χ4v) is 2.12. The van der Waals surface area contributed by atoms with Crippen molar-refractivity contribution in [3.8, 4) is 11.3 Å². The van der Waals surface area contributed by atoms with Crippen LogP contribution in [0.1, 0.15) is 5.69 Å². The number of aryl methyl sites for hydroxylation is 1. The summed E-state index contributed by atoms with van der Waals surface area (Å²) >= 11 is 2.17. The van der Waals surface area contributed by atoms with E-state index in [1.165, 1.54) is 0 Å². The standard InChI is InChI=1S/C10H7IN4O/c1-5-7(4-16-15-5)8-3-2-6-9(11)13-14-10(6)12-8/h2-4H,1H3,(H,12,13,14). The van der Waals surface area contributed by atoms with Crippen LogP contribution >= 0.6 is 22.6 Å². The van der Waals surface area contributed by atoms with Gasteiger partial charge in [-0.1, -0.05) is 5.16 Å². The quantitative estimate of drug-likeness (QED) is 0.698. The lowest BCUT2D eigenvalue weighted by Crippen LogP contribution is -1.85. The van der Waals surface area contributed by atoms with E-state index in [9.17, 15) is 0 Å². The molecular weight excluding hydrogens is 319 g/mol. The van der Waals surface area contributed by atoms with Gasteiger partial charge in [0.2, 0.25) is 0 Å². The number of nitrogens with one attached hydrogen (secondary N) is 1. The minimum absolute atomic E-state index is 0.780. The zero-order valence-electron chi connectivity index (χ0n) is 8.36. The van der Waals surface area contributed by atoms with Crippen LogP contribution in [0.4, 0.5) is 0 Å². The average Bonchev–Trinajstić information content (AvgIpc) is 2.86. The molecule has 0 saturated carbocycles. The van der Waals surface area contributed by atoms with Crippen LogP contribution in [-0.4, -0.2) is 20.3 Å². The van der Waals surface area contributed by atoms with Crippen LogP contribution in [-0.2, 0) is 0 Å². The molecule has 0 saturated heterocycles. The number of hydrogen-bond donors (Lipinski definition) is 1. The van der Waals surface area contributed by atoms with Gasteiger partial charge in [-0.25, -0.2) is 4.98 Å². The molecule has 3 rings (SSSR count). The van der Waals surface area contributed by atoms with Gasteiger partial charge in [-0.15, -0.1) is 0 Å². The molecule has 3 aromatic rings. The number of H-pyrrole nitrogens is 1. The van der Waals surface area contributed by atoms with Crippen molar-refractivity contribution in [1.29, 1.82) is 0 Å². The van der Waals surface area contributed by atoms with Crippen molar-refractivity contribution < 1.29 is 4.52 Å². The maximum Gasteiger partial charge on any atom is 0.156 e. The van der Waals surface area contributed by atoms with E-state index in [2.05, 4.69) is 42.9 Å². The summed E-state index contributed by atoms with van der Waals surface area (Å²) < 4.78 is 5.82. The van der Waals surface area contributed by atoms with Gasteiger partial charge >= 0.3 is 0 Å². The third-order valence-electron chi connectivity index (χ3n) is 2.40. The molecule has 0 aliphatic carbocycles. The first-order chi connectivity index (χ1) is 7.75. The molecular formula is C10H7IN4O. The summed E-state index contributed by atoms with van der Waals surface area (Å²) in [5.74, 6) is 0. The largest absolute Gasteiger partial charge is 0.364 e. The summed E-state index contributed by atoms with van der Waals surface area (Å²) in [6.45, 7) is 1.89. The SMILES string of the molecule is Cc1nocc1-c1ccc2c(I)n[nH]c2n1. The van der Waals surface area contributed by atoms with Crippen molar-refractivity contribution in [3.63, 3.8) is 0 Å². The fraction of sp³-hybridized carbons (Fsp3) is 0.100. The van der Waals surface area contributed by atoms with Gasteiger partial charge in [-0.3, -0.25) is 5.10 Å². The van der Waals surface area contributed by atoms with Gasteiger partial charge < -0.3 is 4.52 Å². The highest BCUT2D eigenvalue weighted by Crippen LogP contribution is 2.24. The third kappa shape index (κ3) is 1.41. The number of nitrogens with zero attached hydrogens (tertiary/aromatic N) is 3. The lowest BCUT2D eigenvalue weighted by molar-refractivity contribution is 0.415. The minimum Gasteiger partial charge on any atom is -0.364 e. The Bertz CT molecular complexity index is 658. The second-order valence-electron chi connectivity index (χ2n) is 3.42. The smallest absolute Gasteiger partial charge is 0.156 e. The molecule has 0 bridgehead atoms. The number of pyridine rings is 1. The highest BCUT2D eigenvalue weighted by molar-refractivity contribution is 14.1. The van der Waals surface area contributed by atoms with E-state index < -0.39 is 0 Å². The van der Waals surface area contributed by atoms with Crippen LogP contribution in [0.5, 0.6) is 0 Å². The van der Waals surface area contributed by atoms with Gasteiger partial charge in [0.25, 0.3) is 0 Å². The highest BCUT2D eigenvalue weighted by atomic mass is 127. The molecule has 0 atom stereocenters. The van der Waals surface area contributed by atoms with E-state index >= 15 is 0 Å². The average molecular weight is 326 g/mol. The molecule has 0 aromatic carbocycles. The molecule has 0 aliphatic heterocycles. The molecule has 0 aliphatic rings. The molecule has 0 radical (unpaired) electrons. The van der Waals surface area contributed by atoms with Crippen molar-refractivity contribution >= 4 is 33.6 Å². The molecule has 0 amide bonds. The fourth-order valence-electron chi connectivity index (χ4n) is 1.56. The first kappa shape index (κ1) is 9.76. The first-order valence-electron chi connectivity index (χ1n) is 4.67. The number of halogens is 1. The Morgan fingerprint density at radius 2 is 2.25 bits per heavy atom. The Morgan fingerprint density at radius 3 is 3.00 bits per heavy atom. The third-order valence-corrected chi connectivity index (χ3v) is 3.23. The summed E-state index contributed by atoms with van der Waals surface area (Å²) in [7, 11) is 0. The minimum atomic E-state index is 0.780. The number of hydrogen-bond acceptors (Lipinski definition) is 4. The van der Waals surface area contributed by atoms with Gasteiger partial charge in [0.1, 0.15) is 9.96 Å². The molecule has 80 valence electrons. The van der Waals surface area contributed by atoms with Crippen molar-refractivity contribution in [2.75, 3.05) is 0 Å². The van der Waals surface area contributed by atoms with E-state index in [1.807, 2.05) is 19.1 Å². The molecule has 5 nitrogen and oxygen atoms in total. The van der Waals surface area contributed by atoms with Crippen LogP contribution in [0, 0.1) is 10.6 Å². The number of fused-ring (bicyclic) bond motifs is 1. The highest BCUT2D eigenvalue weighted by Gasteiger charge is 2.10. The second-order valence-corrected chi connectivity index (χ2v) is 4.44. The predicted octanol–water partition coefficient (Wildman–Crippen LogP) is 2.53. The molecule has 3 aromatic heterocycles. The zero-order valence-corrected chi connectivity index (χ0v) is 10.5. The lowest BCUT2D eigenvalue weighted by Gasteiger charge is -1.96. The van der Waals surface area contributed by atoms with Gasteiger partial charge in [0.05, 0.1) is 22.3 Å². The maximum atomic E-state index is 4.90. The molecule has 0 spiro atoms. The first-order valence-corrected chi connectivity index (χ1v) is 5.75. The van der Waals surface area contributed by atoms with Crippen molar-refractivity contribution in [2.45, 2.75) is 6.92 Å². The van der Waals surface area contributed by atoms with Crippen LogP contribution in [0.15, 0.2) is 22.9 Å². The van der Waals surface area contributed by atoms with Gasteiger partial charge in [0.15, 0.2) is 5.65 Å². The zero-order chi connectivity index (χ0) is 11.1. The van der Waals surface area contributed by atoms with Crippen LogP contribution in [0.3, 0.4) is 0 Å². The number of aromatic nitrogens is 4. The Kier molecular flexibility index (Phi) is 2.16. The second kappa shape index (κ2) is 3.55. The van der Waals surface area contributed by atoms with Crippen LogP contribution in [0.2, 0.25) is 0 Å². The molecule has 1 N–H and O–H groups in total. The van der Waals surface area contributed by atoms with E-state index in [1.54, 1.807) is 6.26 Å². The van der Waals surface area contributed by atoms with E-state index in [0.29, 0.717) is 0 Å².